The van der Waals surface area contributed by atoms with E-state index >= 15 is 0 Å². The first-order chi connectivity index (χ1) is 7.02. The predicted octanol–water partition coefficient (Wildman–Crippen LogP) is 0.365. The van der Waals surface area contributed by atoms with E-state index in [1.165, 1.54) is 13.8 Å². The minimum Gasteiger partial charge on any atom is -0.478 e. The first-order valence-corrected chi connectivity index (χ1v) is 4.76. The third kappa shape index (κ3) is 39.5. The van der Waals surface area contributed by atoms with Gasteiger partial charge in [-0.15, -0.1) is 0 Å². The Bertz CT molecular complexity index is 284. The molecule has 8 heteroatoms. The number of hydrogen-bond donors (Lipinski definition) is 4. The van der Waals surface area contributed by atoms with Crippen LogP contribution in [0.4, 0.5) is 0 Å². The van der Waals surface area contributed by atoms with Crippen LogP contribution in [0.5, 0.6) is 0 Å². The molecule has 0 aromatic heterocycles. The molecule has 0 atom stereocenters. The molecule has 0 bridgehead atoms. The highest BCUT2D eigenvalue weighted by atomic mass is 32.2. The van der Waals surface area contributed by atoms with Gasteiger partial charge in [-0.05, 0) is 13.8 Å². The molecule has 0 aromatic rings. The van der Waals surface area contributed by atoms with Gasteiger partial charge in [0.05, 0.1) is 0 Å². The van der Waals surface area contributed by atoms with E-state index in [9.17, 15) is 9.59 Å². The van der Waals surface area contributed by atoms with Gasteiger partial charge in [0.2, 0.25) is 0 Å². The third-order valence-corrected chi connectivity index (χ3v) is 0.730. The van der Waals surface area contributed by atoms with Gasteiger partial charge in [0.15, 0.2) is 0 Å². The Hall–Kier alpha value is -1.67. The largest absolute Gasteiger partial charge is 0.478 e. The van der Waals surface area contributed by atoms with Crippen LogP contribution >= 0.6 is 0 Å². The summed E-state index contributed by atoms with van der Waals surface area (Å²) in [5.74, 6) is -1.87. The number of aliphatic carboxylic acids is 2. The van der Waals surface area contributed by atoms with Crippen LogP contribution in [-0.4, -0.2) is 35.1 Å². The monoisotopic (exact) mass is 254 g/mol. The highest BCUT2D eigenvalue weighted by Crippen LogP contribution is 1.81. The van der Waals surface area contributed by atoms with E-state index in [0.29, 0.717) is 0 Å². The van der Waals surface area contributed by atoms with Gasteiger partial charge in [0.25, 0.3) is 11.0 Å². The molecular formula is C8H14O7S. The SMILES string of the molecule is C=C(C)C(=O)O.C=C(C)C(=O)O.O=[SH](=O)O. The van der Waals surface area contributed by atoms with E-state index in [4.69, 9.17) is 23.2 Å². The van der Waals surface area contributed by atoms with Crippen molar-refractivity contribution in [3.8, 4) is 0 Å². The fourth-order valence-corrected chi connectivity index (χ4v) is 0. The maximum atomic E-state index is 9.60. The Balaban J connectivity index is -0.000000162. The Morgan fingerprint density at radius 2 is 1.00 bits per heavy atom. The number of carboxylic acid groups (broad SMARTS) is 2. The van der Waals surface area contributed by atoms with Crippen molar-refractivity contribution in [1.82, 2.24) is 0 Å². The van der Waals surface area contributed by atoms with Crippen molar-refractivity contribution in [2.45, 2.75) is 13.8 Å². The highest BCUT2D eigenvalue weighted by molar-refractivity contribution is 7.66. The molecule has 0 rings (SSSR count). The first-order valence-electron chi connectivity index (χ1n) is 3.63. The zero-order valence-electron chi connectivity index (χ0n) is 8.84. The molecule has 0 amide bonds. The van der Waals surface area contributed by atoms with Gasteiger partial charge in [-0.1, -0.05) is 13.2 Å². The van der Waals surface area contributed by atoms with Crippen molar-refractivity contribution in [2.75, 3.05) is 0 Å². The molecule has 94 valence electrons. The van der Waals surface area contributed by atoms with Crippen LogP contribution in [-0.2, 0) is 20.6 Å². The lowest BCUT2D eigenvalue weighted by Gasteiger charge is -1.79. The molecule has 0 spiro atoms. The standard InChI is InChI=1S/2C4H6O2.H2O3S/c2*1-3(2)4(5)6;1-4(2)3/h2*1H2,2H3,(H,5,6);4H,(H,1,2,3). The van der Waals surface area contributed by atoms with E-state index in [0.717, 1.165) is 0 Å². The molecule has 0 aliphatic rings. The molecule has 0 aliphatic carbocycles. The van der Waals surface area contributed by atoms with Gasteiger partial charge >= 0.3 is 11.9 Å². The zero-order valence-corrected chi connectivity index (χ0v) is 9.73. The maximum absolute atomic E-state index is 9.60. The molecule has 0 heterocycles. The van der Waals surface area contributed by atoms with Gasteiger partial charge in [-0.3, -0.25) is 4.55 Å². The van der Waals surface area contributed by atoms with E-state index < -0.39 is 22.9 Å². The van der Waals surface area contributed by atoms with Crippen LogP contribution in [0.2, 0.25) is 0 Å². The summed E-state index contributed by atoms with van der Waals surface area (Å²) in [7, 11) is -3.12. The fraction of sp³-hybridized carbons (Fsp3) is 0.250. The second kappa shape index (κ2) is 11.4. The summed E-state index contributed by atoms with van der Waals surface area (Å²) >= 11 is 0. The lowest BCUT2D eigenvalue weighted by atomic mass is 10.4. The molecule has 0 saturated heterocycles. The van der Waals surface area contributed by atoms with Crippen molar-refractivity contribution in [1.29, 1.82) is 0 Å². The van der Waals surface area contributed by atoms with Crippen LogP contribution in [0.15, 0.2) is 24.3 Å². The Morgan fingerprint density at radius 1 is 0.938 bits per heavy atom. The molecule has 0 fully saturated rings. The van der Waals surface area contributed by atoms with Crippen molar-refractivity contribution in [3.63, 3.8) is 0 Å². The average molecular weight is 254 g/mol. The molecule has 3 N–H and O–H groups in total. The topological polar surface area (TPSA) is 129 Å². The lowest BCUT2D eigenvalue weighted by Crippen LogP contribution is -1.92. The van der Waals surface area contributed by atoms with Gasteiger partial charge in [-0.2, -0.15) is 0 Å². The van der Waals surface area contributed by atoms with Crippen LogP contribution in [0.25, 0.3) is 0 Å². The summed E-state index contributed by atoms with van der Waals surface area (Å²) in [5.41, 5.74) is 0.352. The molecule has 0 aromatic carbocycles. The molecule has 0 unspecified atom stereocenters. The molecule has 7 nitrogen and oxygen atoms in total. The minimum absolute atomic E-state index is 0.176. The number of thiol groups is 1. The Morgan fingerprint density at radius 3 is 1.00 bits per heavy atom. The highest BCUT2D eigenvalue weighted by Gasteiger charge is 1.90. The summed E-state index contributed by atoms with van der Waals surface area (Å²) in [6.45, 7) is 9.20. The summed E-state index contributed by atoms with van der Waals surface area (Å²) in [4.78, 5) is 19.2. The predicted molar refractivity (Wildman–Crippen MR) is 57.8 cm³/mol. The molecule has 16 heavy (non-hydrogen) atoms. The smallest absolute Gasteiger partial charge is 0.330 e. The number of hydrogen-bond acceptors (Lipinski definition) is 4. The van der Waals surface area contributed by atoms with Crippen molar-refractivity contribution in [2.24, 2.45) is 0 Å². The van der Waals surface area contributed by atoms with E-state index in [1.807, 2.05) is 0 Å². The number of carbonyl (C=O) groups is 2. The van der Waals surface area contributed by atoms with Crippen LogP contribution < -0.4 is 0 Å². The number of rotatable bonds is 2. The average Bonchev–Trinajstić information content (AvgIpc) is 2.03. The quantitative estimate of drug-likeness (QED) is 0.318. The lowest BCUT2D eigenvalue weighted by molar-refractivity contribution is -0.133. The second-order valence-corrected chi connectivity index (χ2v) is 2.88. The van der Waals surface area contributed by atoms with Crippen LogP contribution in [0, 0.1) is 0 Å². The van der Waals surface area contributed by atoms with Crippen molar-refractivity contribution < 1.29 is 32.8 Å². The summed E-state index contributed by atoms with van der Waals surface area (Å²) in [5, 5.41) is 15.8. The van der Waals surface area contributed by atoms with Crippen molar-refractivity contribution in [3.05, 3.63) is 24.3 Å². The molecule has 0 radical (unpaired) electrons. The van der Waals surface area contributed by atoms with Crippen LogP contribution in [0.3, 0.4) is 0 Å². The fourth-order valence-electron chi connectivity index (χ4n) is 0. The maximum Gasteiger partial charge on any atom is 0.330 e. The molecular weight excluding hydrogens is 240 g/mol. The van der Waals surface area contributed by atoms with Crippen molar-refractivity contribution >= 4 is 22.9 Å². The Labute approximate surface area is 94.5 Å². The second-order valence-electron chi connectivity index (χ2n) is 2.41. The van der Waals surface area contributed by atoms with Gasteiger partial charge in [0, 0.05) is 11.1 Å². The first kappa shape index (κ1) is 19.8. The third-order valence-electron chi connectivity index (χ3n) is 0.730. The van der Waals surface area contributed by atoms with Gasteiger partial charge in [0.1, 0.15) is 0 Å². The summed E-state index contributed by atoms with van der Waals surface area (Å²) < 4.78 is 24.2. The van der Waals surface area contributed by atoms with E-state index in [-0.39, 0.29) is 11.1 Å². The Kier molecular flexibility index (Phi) is 14.1. The van der Waals surface area contributed by atoms with Crippen LogP contribution in [0.1, 0.15) is 13.8 Å². The number of carboxylic acids is 2. The minimum atomic E-state index is -3.12. The molecule has 0 aliphatic heterocycles. The zero-order chi connectivity index (χ0) is 13.9. The summed E-state index contributed by atoms with van der Waals surface area (Å²) in [6, 6.07) is 0. The van der Waals surface area contributed by atoms with Gasteiger partial charge in [-0.25, -0.2) is 18.0 Å². The normalized spacial score (nSPS) is 7.75. The van der Waals surface area contributed by atoms with Gasteiger partial charge < -0.3 is 10.2 Å². The molecule has 0 saturated carbocycles. The van der Waals surface area contributed by atoms with E-state index in [2.05, 4.69) is 13.2 Å². The van der Waals surface area contributed by atoms with E-state index in [1.54, 1.807) is 0 Å². The summed E-state index contributed by atoms with van der Waals surface area (Å²) in [6.07, 6.45) is 0.